The van der Waals surface area contributed by atoms with Crippen LogP contribution in [0.3, 0.4) is 0 Å². The van der Waals surface area contributed by atoms with Crippen molar-refractivity contribution in [1.29, 1.82) is 0 Å². The zero-order valence-electron chi connectivity index (χ0n) is 11.6. The highest BCUT2D eigenvalue weighted by molar-refractivity contribution is 7.89. The molecule has 8 heteroatoms. The van der Waals surface area contributed by atoms with Gasteiger partial charge >= 0.3 is 5.97 Å². The highest BCUT2D eigenvalue weighted by Crippen LogP contribution is 2.32. The van der Waals surface area contributed by atoms with E-state index in [2.05, 4.69) is 0 Å². The molecule has 0 radical (unpaired) electrons. The molecule has 21 heavy (non-hydrogen) atoms. The molecule has 1 heterocycles. The van der Waals surface area contributed by atoms with Gasteiger partial charge in [-0.05, 0) is 24.1 Å². The van der Waals surface area contributed by atoms with Gasteiger partial charge in [0, 0.05) is 13.1 Å². The van der Waals surface area contributed by atoms with Crippen LogP contribution in [0.4, 0.5) is 0 Å². The number of carboxylic acid groups (broad SMARTS) is 1. The van der Waals surface area contributed by atoms with Crippen LogP contribution in [0.2, 0.25) is 5.02 Å². The summed E-state index contributed by atoms with van der Waals surface area (Å²) in [5.41, 5.74) is 0. The third-order valence-corrected chi connectivity index (χ3v) is 5.78. The van der Waals surface area contributed by atoms with E-state index in [0.29, 0.717) is 5.75 Å². The summed E-state index contributed by atoms with van der Waals surface area (Å²) in [5.74, 6) is -1.51. The summed E-state index contributed by atoms with van der Waals surface area (Å²) in [7, 11) is -2.32. The normalized spacial score (nSPS) is 23.2. The first-order valence-electron chi connectivity index (χ1n) is 6.34. The van der Waals surface area contributed by atoms with Gasteiger partial charge in [-0.25, -0.2) is 8.42 Å². The fourth-order valence-electron chi connectivity index (χ4n) is 2.40. The molecule has 0 aliphatic carbocycles. The van der Waals surface area contributed by atoms with Crippen LogP contribution in [0.25, 0.3) is 0 Å². The number of carboxylic acids is 1. The number of benzene rings is 1. The zero-order valence-corrected chi connectivity index (χ0v) is 13.2. The summed E-state index contributed by atoms with van der Waals surface area (Å²) in [6.07, 6.45) is 0. The predicted octanol–water partition coefficient (Wildman–Crippen LogP) is 1.69. The van der Waals surface area contributed by atoms with Gasteiger partial charge in [0.15, 0.2) is 0 Å². The minimum atomic E-state index is -3.76. The molecule has 1 aliphatic heterocycles. The molecule has 0 unspecified atom stereocenters. The number of aliphatic carboxylic acids is 1. The summed E-state index contributed by atoms with van der Waals surface area (Å²) in [5, 5.41) is 9.29. The molecule has 1 aromatic rings. The summed E-state index contributed by atoms with van der Waals surface area (Å²) in [4.78, 5) is 11.1. The molecule has 1 fully saturated rings. The fourth-order valence-corrected chi connectivity index (χ4v) is 4.31. The number of methoxy groups -OCH3 is 1. The van der Waals surface area contributed by atoms with Gasteiger partial charge in [-0.3, -0.25) is 4.79 Å². The van der Waals surface area contributed by atoms with Crippen molar-refractivity contribution in [2.24, 2.45) is 11.8 Å². The number of hydrogen-bond donors (Lipinski definition) is 1. The number of ether oxygens (including phenoxy) is 1. The Morgan fingerprint density at radius 2 is 2.10 bits per heavy atom. The van der Waals surface area contributed by atoms with Crippen LogP contribution in [-0.2, 0) is 14.8 Å². The van der Waals surface area contributed by atoms with Crippen LogP contribution in [-0.4, -0.2) is 44.0 Å². The topological polar surface area (TPSA) is 83.9 Å². The number of nitrogens with zero attached hydrogens (tertiary/aromatic N) is 1. The second kappa shape index (κ2) is 5.82. The predicted molar refractivity (Wildman–Crippen MR) is 77.1 cm³/mol. The lowest BCUT2D eigenvalue weighted by Crippen LogP contribution is -2.30. The van der Waals surface area contributed by atoms with E-state index in [4.69, 9.17) is 21.4 Å². The first kappa shape index (κ1) is 16.1. The number of halogens is 1. The van der Waals surface area contributed by atoms with Crippen LogP contribution in [0, 0.1) is 11.8 Å². The zero-order chi connectivity index (χ0) is 15.8. The summed E-state index contributed by atoms with van der Waals surface area (Å²) < 4.78 is 31.2. The van der Waals surface area contributed by atoms with Crippen LogP contribution in [0.15, 0.2) is 23.1 Å². The van der Waals surface area contributed by atoms with Crippen LogP contribution < -0.4 is 4.74 Å². The molecule has 1 aliphatic rings. The van der Waals surface area contributed by atoms with Crippen molar-refractivity contribution in [2.75, 3.05) is 20.2 Å². The van der Waals surface area contributed by atoms with E-state index >= 15 is 0 Å². The Morgan fingerprint density at radius 3 is 2.57 bits per heavy atom. The molecule has 2 rings (SSSR count). The highest BCUT2D eigenvalue weighted by atomic mass is 35.5. The van der Waals surface area contributed by atoms with Gasteiger partial charge in [0.2, 0.25) is 10.0 Å². The number of carbonyl (C=O) groups is 1. The Morgan fingerprint density at radius 1 is 1.43 bits per heavy atom. The SMILES string of the molecule is COc1ccc(S(=O)(=O)N2C[C@@H](C)[C@H](C(=O)O)C2)cc1Cl. The molecule has 1 saturated heterocycles. The summed E-state index contributed by atoms with van der Waals surface area (Å²) in [6.45, 7) is 1.89. The standard InChI is InChI=1S/C13H16ClNO5S/c1-8-6-15(7-10(8)13(16)17)21(18,19)9-3-4-12(20-2)11(14)5-9/h3-5,8,10H,6-7H2,1-2H3,(H,16,17)/t8-,10-/m1/s1. The Balaban J connectivity index is 2.31. The molecule has 2 atom stereocenters. The van der Waals surface area contributed by atoms with Crippen molar-refractivity contribution in [2.45, 2.75) is 11.8 Å². The molecule has 1 N–H and O–H groups in total. The van der Waals surface area contributed by atoms with Gasteiger partial charge in [-0.15, -0.1) is 0 Å². The van der Waals surface area contributed by atoms with E-state index in [-0.39, 0.29) is 28.9 Å². The maximum absolute atomic E-state index is 12.5. The minimum Gasteiger partial charge on any atom is -0.495 e. The highest BCUT2D eigenvalue weighted by Gasteiger charge is 2.40. The van der Waals surface area contributed by atoms with Crippen LogP contribution >= 0.6 is 11.6 Å². The summed E-state index contributed by atoms with van der Waals surface area (Å²) >= 11 is 5.95. The van der Waals surface area contributed by atoms with Crippen molar-refractivity contribution >= 4 is 27.6 Å². The first-order valence-corrected chi connectivity index (χ1v) is 8.15. The third kappa shape index (κ3) is 3.00. The first-order chi connectivity index (χ1) is 9.77. The summed E-state index contributed by atoms with van der Waals surface area (Å²) in [6, 6.07) is 4.19. The van der Waals surface area contributed by atoms with Crippen molar-refractivity contribution < 1.29 is 23.1 Å². The third-order valence-electron chi connectivity index (χ3n) is 3.66. The largest absolute Gasteiger partial charge is 0.495 e. The molecule has 0 aromatic heterocycles. The van der Waals surface area contributed by atoms with Gasteiger partial charge in [-0.2, -0.15) is 4.31 Å². The fraction of sp³-hybridized carbons (Fsp3) is 0.462. The van der Waals surface area contributed by atoms with E-state index in [1.807, 2.05) is 0 Å². The van der Waals surface area contributed by atoms with Crippen molar-refractivity contribution in [3.05, 3.63) is 23.2 Å². The minimum absolute atomic E-state index is 0.0253. The lowest BCUT2D eigenvalue weighted by Gasteiger charge is -2.16. The monoisotopic (exact) mass is 333 g/mol. The Labute approximate surface area is 128 Å². The van der Waals surface area contributed by atoms with E-state index < -0.39 is 21.9 Å². The molecule has 0 saturated carbocycles. The van der Waals surface area contributed by atoms with Gasteiger partial charge in [-0.1, -0.05) is 18.5 Å². The lowest BCUT2D eigenvalue weighted by atomic mass is 9.99. The second-order valence-corrected chi connectivity index (χ2v) is 7.39. The molecule has 0 amide bonds. The number of sulfonamides is 1. The molecule has 6 nitrogen and oxygen atoms in total. The van der Waals surface area contributed by atoms with Crippen LogP contribution in [0.1, 0.15) is 6.92 Å². The van der Waals surface area contributed by atoms with Crippen LogP contribution in [0.5, 0.6) is 5.75 Å². The smallest absolute Gasteiger partial charge is 0.308 e. The molecule has 1 aromatic carbocycles. The Hall–Kier alpha value is -1.31. The quantitative estimate of drug-likeness (QED) is 0.906. The average molecular weight is 334 g/mol. The van der Waals surface area contributed by atoms with E-state index in [9.17, 15) is 13.2 Å². The second-order valence-electron chi connectivity index (χ2n) is 5.04. The number of hydrogen-bond acceptors (Lipinski definition) is 4. The molecule has 116 valence electrons. The van der Waals surface area contributed by atoms with Gasteiger partial charge in [0.1, 0.15) is 5.75 Å². The average Bonchev–Trinajstić information content (AvgIpc) is 2.81. The van der Waals surface area contributed by atoms with Crippen molar-refractivity contribution in [3.8, 4) is 5.75 Å². The maximum Gasteiger partial charge on any atom is 0.308 e. The van der Waals surface area contributed by atoms with Gasteiger partial charge < -0.3 is 9.84 Å². The molecular formula is C13H16ClNO5S. The molecule has 0 bridgehead atoms. The lowest BCUT2D eigenvalue weighted by molar-refractivity contribution is -0.142. The van der Waals surface area contributed by atoms with E-state index in [0.717, 1.165) is 0 Å². The molecular weight excluding hydrogens is 318 g/mol. The van der Waals surface area contributed by atoms with E-state index in [1.54, 1.807) is 6.92 Å². The molecule has 0 spiro atoms. The Bertz CT molecular complexity index is 661. The number of rotatable bonds is 4. The van der Waals surface area contributed by atoms with Gasteiger partial charge in [0.25, 0.3) is 0 Å². The van der Waals surface area contributed by atoms with Crippen molar-refractivity contribution in [1.82, 2.24) is 4.31 Å². The van der Waals surface area contributed by atoms with E-state index in [1.165, 1.54) is 29.6 Å². The van der Waals surface area contributed by atoms with Gasteiger partial charge in [0.05, 0.1) is 22.9 Å². The maximum atomic E-state index is 12.5. The van der Waals surface area contributed by atoms with Crippen molar-refractivity contribution in [3.63, 3.8) is 0 Å². The Kier molecular flexibility index (Phi) is 4.46.